The van der Waals surface area contributed by atoms with Crippen molar-refractivity contribution in [1.29, 1.82) is 0 Å². The molecule has 162 valence electrons. The molecule has 32 heavy (non-hydrogen) atoms. The second-order valence-electron chi connectivity index (χ2n) is 7.91. The fourth-order valence-electron chi connectivity index (χ4n) is 3.86. The first kappa shape index (κ1) is 21.6. The molecule has 0 aliphatic rings. The van der Waals surface area contributed by atoms with Crippen molar-refractivity contribution in [1.82, 2.24) is 19.9 Å². The zero-order valence-electron chi connectivity index (χ0n) is 18.5. The van der Waals surface area contributed by atoms with Gasteiger partial charge in [-0.3, -0.25) is 14.8 Å². The molecule has 1 amide bonds. The van der Waals surface area contributed by atoms with Crippen LogP contribution in [0.4, 0.5) is 0 Å². The van der Waals surface area contributed by atoms with Crippen molar-refractivity contribution >= 4 is 16.8 Å². The van der Waals surface area contributed by atoms with Gasteiger partial charge in [0.2, 0.25) is 0 Å². The lowest BCUT2D eigenvalue weighted by Gasteiger charge is -2.29. The summed E-state index contributed by atoms with van der Waals surface area (Å²) in [5, 5.41) is 0.894. The van der Waals surface area contributed by atoms with E-state index in [0.717, 1.165) is 33.2 Å². The highest BCUT2D eigenvalue weighted by atomic mass is 16.5. The Kier molecular flexibility index (Phi) is 6.52. The van der Waals surface area contributed by atoms with E-state index >= 15 is 0 Å². The smallest absolute Gasteiger partial charge is 0.273 e. The highest BCUT2D eigenvalue weighted by Gasteiger charge is 2.24. The number of rotatable bonds is 7. The van der Waals surface area contributed by atoms with E-state index in [0.29, 0.717) is 18.8 Å². The van der Waals surface area contributed by atoms with Crippen molar-refractivity contribution in [3.8, 4) is 11.1 Å². The molecule has 0 unspecified atom stereocenters. The average molecular weight is 427 g/mol. The number of aryl methyl sites for hydroxylation is 1. The minimum absolute atomic E-state index is 0.118. The molecule has 0 radical (unpaired) electrons. The summed E-state index contributed by atoms with van der Waals surface area (Å²) in [6.45, 7) is 4.96. The van der Waals surface area contributed by atoms with Gasteiger partial charge in [0.1, 0.15) is 5.69 Å². The lowest BCUT2D eigenvalue weighted by molar-refractivity contribution is 0.0537. The SMILES string of the molecule is COC[C@H](C)N(Cc1cccc(C)c1)C(=O)c1cc(-c2ccncc2)c2cnccc2n1. The molecular formula is C26H26N4O2. The third kappa shape index (κ3) is 4.65. The highest BCUT2D eigenvalue weighted by molar-refractivity contribution is 6.01. The van der Waals surface area contributed by atoms with Crippen LogP contribution in [0.15, 0.2) is 73.3 Å². The van der Waals surface area contributed by atoms with Crippen LogP contribution in [0.3, 0.4) is 0 Å². The number of pyridine rings is 3. The number of hydrogen-bond acceptors (Lipinski definition) is 5. The summed E-state index contributed by atoms with van der Waals surface area (Å²) in [5.41, 5.74) is 5.22. The molecule has 0 saturated carbocycles. The predicted octanol–water partition coefficient (Wildman–Crippen LogP) is 4.68. The zero-order valence-corrected chi connectivity index (χ0v) is 18.5. The van der Waals surface area contributed by atoms with Crippen LogP contribution < -0.4 is 0 Å². The molecule has 0 aliphatic heterocycles. The molecule has 0 bridgehead atoms. The van der Waals surface area contributed by atoms with Crippen LogP contribution in [0.25, 0.3) is 22.0 Å². The van der Waals surface area contributed by atoms with Gasteiger partial charge in [-0.1, -0.05) is 29.8 Å². The van der Waals surface area contributed by atoms with Crippen LogP contribution >= 0.6 is 0 Å². The Morgan fingerprint density at radius 3 is 2.59 bits per heavy atom. The summed E-state index contributed by atoms with van der Waals surface area (Å²) in [6, 6.07) is 15.6. The Bertz CT molecular complexity index is 1230. The quantitative estimate of drug-likeness (QED) is 0.429. The fraction of sp³-hybridized carbons (Fsp3) is 0.231. The lowest BCUT2D eigenvalue weighted by atomic mass is 10.0. The van der Waals surface area contributed by atoms with E-state index in [1.807, 2.05) is 61.2 Å². The summed E-state index contributed by atoms with van der Waals surface area (Å²) < 4.78 is 5.37. The third-order valence-electron chi connectivity index (χ3n) is 5.46. The van der Waals surface area contributed by atoms with Crippen molar-refractivity contribution in [3.05, 3.63) is 90.1 Å². The first-order valence-corrected chi connectivity index (χ1v) is 10.6. The zero-order chi connectivity index (χ0) is 22.5. The Balaban J connectivity index is 1.78. The molecule has 3 aromatic heterocycles. The Hall–Kier alpha value is -3.64. The van der Waals surface area contributed by atoms with Crippen LogP contribution in [0.5, 0.6) is 0 Å². The molecule has 0 fully saturated rings. The highest BCUT2D eigenvalue weighted by Crippen LogP contribution is 2.28. The summed E-state index contributed by atoms with van der Waals surface area (Å²) in [7, 11) is 1.65. The number of methoxy groups -OCH3 is 1. The van der Waals surface area contributed by atoms with Crippen molar-refractivity contribution in [2.45, 2.75) is 26.4 Å². The lowest BCUT2D eigenvalue weighted by Crippen LogP contribution is -2.41. The number of carbonyl (C=O) groups is 1. The van der Waals surface area contributed by atoms with Crippen molar-refractivity contribution in [2.75, 3.05) is 13.7 Å². The maximum atomic E-state index is 13.8. The van der Waals surface area contributed by atoms with Crippen molar-refractivity contribution in [3.63, 3.8) is 0 Å². The summed E-state index contributed by atoms with van der Waals surface area (Å²) in [6.07, 6.45) is 6.96. The number of nitrogens with zero attached hydrogens (tertiary/aromatic N) is 4. The first-order chi connectivity index (χ1) is 15.6. The van der Waals surface area contributed by atoms with Crippen LogP contribution in [-0.4, -0.2) is 45.5 Å². The van der Waals surface area contributed by atoms with Gasteiger partial charge in [-0.25, -0.2) is 4.98 Å². The topological polar surface area (TPSA) is 68.2 Å². The first-order valence-electron chi connectivity index (χ1n) is 10.6. The number of aromatic nitrogens is 3. The minimum Gasteiger partial charge on any atom is -0.383 e. The van der Waals surface area contributed by atoms with Crippen LogP contribution in [0.1, 0.15) is 28.5 Å². The number of hydrogen-bond donors (Lipinski definition) is 0. The number of amides is 1. The van der Waals surface area contributed by atoms with Gasteiger partial charge in [0.15, 0.2) is 0 Å². The Morgan fingerprint density at radius 2 is 1.84 bits per heavy atom. The van der Waals surface area contributed by atoms with E-state index in [2.05, 4.69) is 16.0 Å². The molecule has 1 aromatic carbocycles. The van der Waals surface area contributed by atoms with Gasteiger partial charge in [-0.05, 0) is 54.8 Å². The van der Waals surface area contributed by atoms with Gasteiger partial charge in [-0.2, -0.15) is 0 Å². The molecule has 0 saturated heterocycles. The van der Waals surface area contributed by atoms with E-state index in [1.165, 1.54) is 0 Å². The van der Waals surface area contributed by atoms with Gasteiger partial charge in [0.25, 0.3) is 5.91 Å². The summed E-state index contributed by atoms with van der Waals surface area (Å²) >= 11 is 0. The van der Waals surface area contributed by atoms with Gasteiger partial charge < -0.3 is 9.64 Å². The molecule has 6 heteroatoms. The van der Waals surface area contributed by atoms with Gasteiger partial charge >= 0.3 is 0 Å². The van der Waals surface area contributed by atoms with E-state index < -0.39 is 0 Å². The van der Waals surface area contributed by atoms with Crippen LogP contribution in [-0.2, 0) is 11.3 Å². The summed E-state index contributed by atoms with van der Waals surface area (Å²) in [5.74, 6) is -0.134. The normalized spacial score (nSPS) is 12.0. The second kappa shape index (κ2) is 9.66. The van der Waals surface area contributed by atoms with Crippen molar-refractivity contribution < 1.29 is 9.53 Å². The molecular weight excluding hydrogens is 400 g/mol. The number of ether oxygens (including phenoxy) is 1. The number of benzene rings is 1. The predicted molar refractivity (Wildman–Crippen MR) is 125 cm³/mol. The molecule has 0 aliphatic carbocycles. The molecule has 4 rings (SSSR count). The minimum atomic E-state index is -0.134. The van der Waals surface area contributed by atoms with Crippen LogP contribution in [0.2, 0.25) is 0 Å². The maximum absolute atomic E-state index is 13.8. The average Bonchev–Trinajstić information content (AvgIpc) is 2.82. The second-order valence-corrected chi connectivity index (χ2v) is 7.91. The molecule has 6 nitrogen and oxygen atoms in total. The standard InChI is InChI=1S/C26H26N4O2/c1-18-5-4-6-20(13-18)16-30(19(2)17-32-3)26(31)25-14-22(21-7-10-27-11-8-21)23-15-28-12-9-24(23)29-25/h4-15,19H,16-17H2,1-3H3/t19-/m0/s1. The van der Waals surface area contributed by atoms with E-state index in [4.69, 9.17) is 9.72 Å². The fourth-order valence-corrected chi connectivity index (χ4v) is 3.86. The largest absolute Gasteiger partial charge is 0.383 e. The van der Waals surface area contributed by atoms with E-state index in [1.54, 1.807) is 31.9 Å². The summed E-state index contributed by atoms with van der Waals surface area (Å²) in [4.78, 5) is 28.6. The van der Waals surface area contributed by atoms with Crippen molar-refractivity contribution in [2.24, 2.45) is 0 Å². The number of carbonyl (C=O) groups excluding carboxylic acids is 1. The molecule has 4 aromatic rings. The van der Waals surface area contributed by atoms with E-state index in [-0.39, 0.29) is 11.9 Å². The molecule has 0 spiro atoms. The van der Waals surface area contributed by atoms with E-state index in [9.17, 15) is 4.79 Å². The maximum Gasteiger partial charge on any atom is 0.273 e. The third-order valence-corrected chi connectivity index (χ3v) is 5.46. The Morgan fingerprint density at radius 1 is 1.06 bits per heavy atom. The van der Waals surface area contributed by atoms with Gasteiger partial charge in [0.05, 0.1) is 18.2 Å². The Labute approximate surface area is 187 Å². The van der Waals surface area contributed by atoms with Crippen LogP contribution in [0, 0.1) is 6.92 Å². The molecule has 1 atom stereocenters. The molecule has 0 N–H and O–H groups in total. The van der Waals surface area contributed by atoms with Gasteiger partial charge in [0, 0.05) is 43.8 Å². The monoisotopic (exact) mass is 426 g/mol. The molecule has 3 heterocycles. The number of fused-ring (bicyclic) bond motifs is 1. The van der Waals surface area contributed by atoms with Gasteiger partial charge in [-0.15, -0.1) is 0 Å².